The highest BCUT2D eigenvalue weighted by atomic mass is 16.5. The van der Waals surface area contributed by atoms with Crippen LogP contribution in [0.25, 0.3) is 0 Å². The molecule has 3 nitrogen and oxygen atoms in total. The molecule has 0 amide bonds. The molecule has 0 saturated heterocycles. The highest BCUT2D eigenvalue weighted by molar-refractivity contribution is 6.58. The van der Waals surface area contributed by atoms with E-state index in [1.807, 2.05) is 12.1 Å². The SMILES string of the molecule is CC(C)(C)CCOCc1ccc(B(O)O)cc1. The van der Waals surface area contributed by atoms with Gasteiger partial charge < -0.3 is 14.8 Å². The van der Waals surface area contributed by atoms with Crippen molar-refractivity contribution < 1.29 is 14.8 Å². The van der Waals surface area contributed by atoms with Crippen LogP contribution in [0.4, 0.5) is 0 Å². The molecule has 2 N–H and O–H groups in total. The first-order chi connectivity index (χ1) is 7.88. The van der Waals surface area contributed by atoms with Gasteiger partial charge in [-0.1, -0.05) is 45.0 Å². The molecule has 0 unspecified atom stereocenters. The zero-order valence-corrected chi connectivity index (χ0v) is 10.8. The zero-order valence-electron chi connectivity index (χ0n) is 10.8. The molecule has 0 atom stereocenters. The summed E-state index contributed by atoms with van der Waals surface area (Å²) < 4.78 is 5.57. The van der Waals surface area contributed by atoms with Gasteiger partial charge >= 0.3 is 7.12 Å². The predicted octanol–water partition coefficient (Wildman–Crippen LogP) is 1.32. The Labute approximate surface area is 104 Å². The van der Waals surface area contributed by atoms with Crippen molar-refractivity contribution in [2.45, 2.75) is 33.8 Å². The first kappa shape index (κ1) is 14.2. The summed E-state index contributed by atoms with van der Waals surface area (Å²) >= 11 is 0. The van der Waals surface area contributed by atoms with E-state index < -0.39 is 7.12 Å². The van der Waals surface area contributed by atoms with Crippen LogP contribution in [0.3, 0.4) is 0 Å². The molecule has 0 spiro atoms. The van der Waals surface area contributed by atoms with E-state index in [1.54, 1.807) is 12.1 Å². The Hall–Kier alpha value is -0.835. The molecule has 0 bridgehead atoms. The minimum Gasteiger partial charge on any atom is -0.423 e. The number of hydrogen-bond acceptors (Lipinski definition) is 3. The van der Waals surface area contributed by atoms with E-state index in [-0.39, 0.29) is 0 Å². The maximum atomic E-state index is 8.94. The third kappa shape index (κ3) is 5.87. The van der Waals surface area contributed by atoms with E-state index in [2.05, 4.69) is 20.8 Å². The Morgan fingerprint density at radius 3 is 2.18 bits per heavy atom. The highest BCUT2D eigenvalue weighted by Gasteiger charge is 2.10. The van der Waals surface area contributed by atoms with E-state index in [0.717, 1.165) is 18.6 Å². The molecule has 0 aliphatic rings. The summed E-state index contributed by atoms with van der Waals surface area (Å²) in [5, 5.41) is 17.9. The van der Waals surface area contributed by atoms with Crippen molar-refractivity contribution in [1.29, 1.82) is 0 Å². The molecule has 1 rings (SSSR count). The first-order valence-corrected chi connectivity index (χ1v) is 5.91. The third-order valence-corrected chi connectivity index (χ3v) is 2.54. The lowest BCUT2D eigenvalue weighted by atomic mass is 9.80. The van der Waals surface area contributed by atoms with Crippen molar-refractivity contribution >= 4 is 12.6 Å². The maximum Gasteiger partial charge on any atom is 0.488 e. The molecule has 94 valence electrons. The summed E-state index contributed by atoms with van der Waals surface area (Å²) in [6.45, 7) is 7.88. The Kier molecular flexibility index (Phi) is 5.18. The van der Waals surface area contributed by atoms with Crippen molar-refractivity contribution in [3.63, 3.8) is 0 Å². The molecule has 0 aliphatic heterocycles. The molecule has 0 aliphatic carbocycles. The Bertz CT molecular complexity index is 328. The first-order valence-electron chi connectivity index (χ1n) is 5.91. The van der Waals surface area contributed by atoms with Gasteiger partial charge in [0.1, 0.15) is 0 Å². The van der Waals surface area contributed by atoms with Crippen LogP contribution < -0.4 is 5.46 Å². The van der Waals surface area contributed by atoms with Crippen molar-refractivity contribution in [1.82, 2.24) is 0 Å². The summed E-state index contributed by atoms with van der Waals surface area (Å²) in [6.07, 6.45) is 1.03. The van der Waals surface area contributed by atoms with Crippen LogP contribution in [0.15, 0.2) is 24.3 Å². The van der Waals surface area contributed by atoms with Gasteiger partial charge in [0, 0.05) is 6.61 Å². The molecular weight excluding hydrogens is 215 g/mol. The molecule has 17 heavy (non-hydrogen) atoms. The molecule has 0 fully saturated rings. The van der Waals surface area contributed by atoms with Crippen LogP contribution in [0.5, 0.6) is 0 Å². The summed E-state index contributed by atoms with van der Waals surface area (Å²) in [4.78, 5) is 0. The number of ether oxygens (including phenoxy) is 1. The van der Waals surface area contributed by atoms with Crippen molar-refractivity contribution in [2.24, 2.45) is 5.41 Å². The standard InChI is InChI=1S/C13H21BO3/c1-13(2,3)8-9-17-10-11-4-6-12(7-5-11)14(15)16/h4-7,15-16H,8-10H2,1-3H3. The topological polar surface area (TPSA) is 49.7 Å². The van der Waals surface area contributed by atoms with Crippen molar-refractivity contribution in [3.05, 3.63) is 29.8 Å². The van der Waals surface area contributed by atoms with E-state index in [4.69, 9.17) is 14.8 Å². The largest absolute Gasteiger partial charge is 0.488 e. The fourth-order valence-electron chi connectivity index (χ4n) is 1.35. The van der Waals surface area contributed by atoms with Gasteiger partial charge in [-0.25, -0.2) is 0 Å². The second kappa shape index (κ2) is 6.19. The fourth-order valence-corrected chi connectivity index (χ4v) is 1.35. The quantitative estimate of drug-likeness (QED) is 0.598. The van der Waals surface area contributed by atoms with E-state index in [9.17, 15) is 0 Å². The maximum absolute atomic E-state index is 8.94. The van der Waals surface area contributed by atoms with Gasteiger partial charge in [0.2, 0.25) is 0 Å². The number of benzene rings is 1. The average Bonchev–Trinajstić information content (AvgIpc) is 2.24. The van der Waals surface area contributed by atoms with Crippen LogP contribution in [0.2, 0.25) is 0 Å². The summed E-state index contributed by atoms with van der Waals surface area (Å²) in [5.74, 6) is 0. The average molecular weight is 236 g/mol. The lowest BCUT2D eigenvalue weighted by molar-refractivity contribution is 0.0962. The summed E-state index contributed by atoms with van der Waals surface area (Å²) in [7, 11) is -1.40. The predicted molar refractivity (Wildman–Crippen MR) is 70.0 cm³/mol. The van der Waals surface area contributed by atoms with Crippen LogP contribution in [0, 0.1) is 5.41 Å². The van der Waals surface area contributed by atoms with E-state index in [0.29, 0.717) is 17.5 Å². The van der Waals surface area contributed by atoms with Gasteiger partial charge in [0.15, 0.2) is 0 Å². The summed E-state index contributed by atoms with van der Waals surface area (Å²) in [5.41, 5.74) is 1.84. The lowest BCUT2D eigenvalue weighted by Crippen LogP contribution is -2.29. The van der Waals surface area contributed by atoms with Gasteiger partial charge in [-0.05, 0) is 22.9 Å². The summed E-state index contributed by atoms with van der Waals surface area (Å²) in [6, 6.07) is 7.11. The number of hydrogen-bond donors (Lipinski definition) is 2. The van der Waals surface area contributed by atoms with Gasteiger partial charge in [-0.3, -0.25) is 0 Å². The monoisotopic (exact) mass is 236 g/mol. The van der Waals surface area contributed by atoms with E-state index in [1.165, 1.54) is 0 Å². The minimum atomic E-state index is -1.40. The Morgan fingerprint density at radius 1 is 1.12 bits per heavy atom. The van der Waals surface area contributed by atoms with Crippen LogP contribution in [0.1, 0.15) is 32.8 Å². The second-order valence-electron chi connectivity index (χ2n) is 5.48. The lowest BCUT2D eigenvalue weighted by Gasteiger charge is -2.17. The Balaban J connectivity index is 2.33. The molecule has 0 heterocycles. The van der Waals surface area contributed by atoms with E-state index >= 15 is 0 Å². The zero-order chi connectivity index (χ0) is 12.9. The minimum absolute atomic E-state index is 0.296. The Morgan fingerprint density at radius 2 is 1.71 bits per heavy atom. The van der Waals surface area contributed by atoms with Crippen LogP contribution in [-0.2, 0) is 11.3 Å². The smallest absolute Gasteiger partial charge is 0.423 e. The molecule has 1 aromatic carbocycles. The van der Waals surface area contributed by atoms with Gasteiger partial charge in [0.25, 0.3) is 0 Å². The molecule has 0 saturated carbocycles. The van der Waals surface area contributed by atoms with Crippen molar-refractivity contribution in [3.8, 4) is 0 Å². The van der Waals surface area contributed by atoms with Crippen LogP contribution in [-0.4, -0.2) is 23.8 Å². The van der Waals surface area contributed by atoms with Gasteiger partial charge in [-0.2, -0.15) is 0 Å². The molecular formula is C13H21BO3. The molecule has 4 heteroatoms. The van der Waals surface area contributed by atoms with Crippen LogP contribution >= 0.6 is 0 Å². The van der Waals surface area contributed by atoms with Gasteiger partial charge in [-0.15, -0.1) is 0 Å². The highest BCUT2D eigenvalue weighted by Crippen LogP contribution is 2.18. The van der Waals surface area contributed by atoms with Crippen molar-refractivity contribution in [2.75, 3.05) is 6.61 Å². The molecule has 1 aromatic rings. The number of rotatable bonds is 5. The second-order valence-corrected chi connectivity index (χ2v) is 5.48. The third-order valence-electron chi connectivity index (χ3n) is 2.54. The molecule has 0 aromatic heterocycles. The van der Waals surface area contributed by atoms with Gasteiger partial charge in [0.05, 0.1) is 6.61 Å². The normalized spacial score (nSPS) is 11.6. The fraction of sp³-hybridized carbons (Fsp3) is 0.538. The molecule has 0 radical (unpaired) electrons.